The molecule has 1 aliphatic heterocycles. The number of hydrogen-bond acceptors (Lipinski definition) is 5. The molecule has 3 N–H and O–H groups in total. The van der Waals surface area contributed by atoms with Gasteiger partial charge in [0.05, 0.1) is 6.20 Å². The van der Waals surface area contributed by atoms with Crippen molar-refractivity contribution in [1.82, 2.24) is 10.2 Å². The van der Waals surface area contributed by atoms with E-state index in [4.69, 9.17) is 10.2 Å². The summed E-state index contributed by atoms with van der Waals surface area (Å²) in [4.78, 5) is 0. The summed E-state index contributed by atoms with van der Waals surface area (Å²) in [6, 6.07) is 1.58. The van der Waals surface area contributed by atoms with E-state index in [2.05, 4.69) is 15.3 Å². The smallest absolute Gasteiger partial charge is 0.308 e. The standard InChI is InChI=1S/C5H6N4O2/c10-5(11)3-7-9(5)4-1-2-6-8-4/h1-3,10-11H,(H,6,8). The molecule has 1 aromatic rings. The van der Waals surface area contributed by atoms with E-state index in [-0.39, 0.29) is 0 Å². The Balaban J connectivity index is 2.28. The Morgan fingerprint density at radius 2 is 2.36 bits per heavy atom. The predicted octanol–water partition coefficient (Wildman–Crippen LogP) is -1.15. The van der Waals surface area contributed by atoms with Gasteiger partial charge in [-0.2, -0.15) is 15.2 Å². The number of hydrazone groups is 1. The maximum atomic E-state index is 9.03. The number of rotatable bonds is 1. The van der Waals surface area contributed by atoms with E-state index in [1.807, 2.05) is 0 Å². The molecule has 0 aliphatic carbocycles. The van der Waals surface area contributed by atoms with Crippen molar-refractivity contribution in [1.29, 1.82) is 0 Å². The lowest BCUT2D eigenvalue weighted by atomic mass is 10.4. The second kappa shape index (κ2) is 1.80. The van der Waals surface area contributed by atoms with Gasteiger partial charge < -0.3 is 10.2 Å². The average molecular weight is 154 g/mol. The first-order valence-electron chi connectivity index (χ1n) is 3.00. The molecule has 1 aromatic heterocycles. The third-order valence-electron chi connectivity index (χ3n) is 1.37. The van der Waals surface area contributed by atoms with Gasteiger partial charge >= 0.3 is 5.91 Å². The molecule has 6 heteroatoms. The van der Waals surface area contributed by atoms with E-state index < -0.39 is 5.91 Å². The first-order chi connectivity index (χ1) is 5.20. The summed E-state index contributed by atoms with van der Waals surface area (Å²) in [5.41, 5.74) is 0. The molecule has 0 atom stereocenters. The van der Waals surface area contributed by atoms with Gasteiger partial charge in [0, 0.05) is 6.07 Å². The van der Waals surface area contributed by atoms with Crippen molar-refractivity contribution in [2.24, 2.45) is 5.10 Å². The highest BCUT2D eigenvalue weighted by molar-refractivity contribution is 5.78. The van der Waals surface area contributed by atoms with Gasteiger partial charge in [0.25, 0.3) is 0 Å². The van der Waals surface area contributed by atoms with E-state index in [0.717, 1.165) is 11.2 Å². The molecule has 0 saturated heterocycles. The molecule has 0 amide bonds. The number of nitrogens with one attached hydrogen (secondary N) is 1. The molecule has 11 heavy (non-hydrogen) atoms. The fourth-order valence-corrected chi connectivity index (χ4v) is 0.825. The topological polar surface area (TPSA) is 84.7 Å². The zero-order valence-electron chi connectivity index (χ0n) is 5.47. The van der Waals surface area contributed by atoms with Gasteiger partial charge in [-0.05, 0) is 0 Å². The van der Waals surface area contributed by atoms with Crippen molar-refractivity contribution in [2.75, 3.05) is 5.01 Å². The van der Waals surface area contributed by atoms with Crippen molar-refractivity contribution in [3.63, 3.8) is 0 Å². The van der Waals surface area contributed by atoms with Crippen LogP contribution < -0.4 is 5.01 Å². The van der Waals surface area contributed by atoms with Crippen LogP contribution in [0.4, 0.5) is 5.82 Å². The summed E-state index contributed by atoms with van der Waals surface area (Å²) in [7, 11) is 0. The van der Waals surface area contributed by atoms with Crippen LogP contribution in [0.5, 0.6) is 0 Å². The molecule has 0 fully saturated rings. The second-order valence-electron chi connectivity index (χ2n) is 2.19. The fraction of sp³-hybridized carbons (Fsp3) is 0.200. The molecule has 58 valence electrons. The Bertz CT molecular complexity index is 279. The molecule has 2 rings (SSSR count). The minimum atomic E-state index is -1.97. The molecular weight excluding hydrogens is 148 g/mol. The molecule has 0 aromatic carbocycles. The predicted molar refractivity (Wildman–Crippen MR) is 36.7 cm³/mol. The van der Waals surface area contributed by atoms with E-state index in [1.165, 1.54) is 6.20 Å². The zero-order valence-corrected chi connectivity index (χ0v) is 5.47. The number of anilines is 1. The van der Waals surface area contributed by atoms with Crippen LogP contribution in [0.2, 0.25) is 0 Å². The van der Waals surface area contributed by atoms with Crippen molar-refractivity contribution in [3.8, 4) is 0 Å². The van der Waals surface area contributed by atoms with Gasteiger partial charge in [-0.25, -0.2) is 0 Å². The first kappa shape index (κ1) is 6.32. The number of aromatic nitrogens is 2. The average Bonchev–Trinajstić information content (AvgIpc) is 2.38. The van der Waals surface area contributed by atoms with Crippen LogP contribution in [0.25, 0.3) is 0 Å². The van der Waals surface area contributed by atoms with E-state index in [0.29, 0.717) is 5.82 Å². The van der Waals surface area contributed by atoms with Crippen molar-refractivity contribution in [3.05, 3.63) is 12.3 Å². The first-order valence-corrected chi connectivity index (χ1v) is 3.00. The van der Waals surface area contributed by atoms with Crippen LogP contribution in [0.1, 0.15) is 0 Å². The van der Waals surface area contributed by atoms with Gasteiger partial charge in [-0.3, -0.25) is 5.10 Å². The molecule has 0 radical (unpaired) electrons. The van der Waals surface area contributed by atoms with Gasteiger partial charge in [0.2, 0.25) is 0 Å². The molecule has 0 spiro atoms. The van der Waals surface area contributed by atoms with Crippen LogP contribution >= 0.6 is 0 Å². The van der Waals surface area contributed by atoms with Crippen LogP contribution in [0.15, 0.2) is 17.4 Å². The molecule has 6 nitrogen and oxygen atoms in total. The summed E-state index contributed by atoms with van der Waals surface area (Å²) in [6.07, 6.45) is 2.52. The Labute approximate surface area is 61.8 Å². The highest BCUT2D eigenvalue weighted by atomic mass is 16.5. The molecule has 0 bridgehead atoms. The number of aromatic amines is 1. The van der Waals surface area contributed by atoms with Crippen molar-refractivity contribution >= 4 is 12.0 Å². The fourth-order valence-electron chi connectivity index (χ4n) is 0.825. The SMILES string of the molecule is OC1(O)C=NN1c1ccn[nH]1. The highest BCUT2D eigenvalue weighted by Crippen LogP contribution is 2.22. The summed E-state index contributed by atoms with van der Waals surface area (Å²) < 4.78 is 0. The normalized spacial score (nSPS) is 20.0. The lowest BCUT2D eigenvalue weighted by molar-refractivity contribution is -0.109. The third kappa shape index (κ3) is 0.803. The minimum absolute atomic E-state index is 0.442. The van der Waals surface area contributed by atoms with Crippen LogP contribution in [0.3, 0.4) is 0 Å². The summed E-state index contributed by atoms with van der Waals surface area (Å²) in [5, 5.41) is 28.8. The number of hydrogen-bond donors (Lipinski definition) is 3. The van der Waals surface area contributed by atoms with Crippen LogP contribution in [-0.2, 0) is 0 Å². The van der Waals surface area contributed by atoms with Crippen molar-refractivity contribution < 1.29 is 10.2 Å². The Morgan fingerprint density at radius 1 is 1.55 bits per heavy atom. The largest absolute Gasteiger partial charge is 0.343 e. The number of aliphatic hydroxyl groups is 2. The molecule has 0 unspecified atom stereocenters. The maximum absolute atomic E-state index is 9.03. The summed E-state index contributed by atoms with van der Waals surface area (Å²) in [6.45, 7) is 0. The Kier molecular flexibility index (Phi) is 1.04. The van der Waals surface area contributed by atoms with E-state index >= 15 is 0 Å². The zero-order chi connectivity index (χ0) is 7.90. The minimum Gasteiger partial charge on any atom is -0.343 e. The lowest BCUT2D eigenvalue weighted by Gasteiger charge is -2.34. The van der Waals surface area contributed by atoms with Crippen molar-refractivity contribution in [2.45, 2.75) is 5.91 Å². The summed E-state index contributed by atoms with van der Waals surface area (Å²) >= 11 is 0. The van der Waals surface area contributed by atoms with Crippen LogP contribution in [0, 0.1) is 0 Å². The van der Waals surface area contributed by atoms with Gasteiger partial charge in [-0.15, -0.1) is 0 Å². The van der Waals surface area contributed by atoms with Gasteiger partial charge in [-0.1, -0.05) is 0 Å². The van der Waals surface area contributed by atoms with Gasteiger partial charge in [0.1, 0.15) is 6.21 Å². The second-order valence-corrected chi connectivity index (χ2v) is 2.19. The molecule has 2 heterocycles. The lowest BCUT2D eigenvalue weighted by Crippen LogP contribution is -2.55. The summed E-state index contributed by atoms with van der Waals surface area (Å²) in [5.74, 6) is -1.52. The molecule has 1 aliphatic rings. The molecule has 0 saturated carbocycles. The Morgan fingerprint density at radius 3 is 2.73 bits per heavy atom. The molecular formula is C5H6N4O2. The third-order valence-corrected chi connectivity index (χ3v) is 1.37. The van der Waals surface area contributed by atoms with E-state index in [1.54, 1.807) is 6.07 Å². The van der Waals surface area contributed by atoms with Crippen LogP contribution in [-0.4, -0.2) is 32.5 Å². The van der Waals surface area contributed by atoms with Gasteiger partial charge in [0.15, 0.2) is 5.82 Å². The maximum Gasteiger partial charge on any atom is 0.308 e. The van der Waals surface area contributed by atoms with E-state index in [9.17, 15) is 0 Å². The Hall–Kier alpha value is -1.40. The number of H-pyrrole nitrogens is 1. The quantitative estimate of drug-likeness (QED) is 0.446. The monoisotopic (exact) mass is 154 g/mol. The highest BCUT2D eigenvalue weighted by Gasteiger charge is 2.38. The number of nitrogens with zero attached hydrogens (tertiary/aromatic N) is 3.